The van der Waals surface area contributed by atoms with E-state index in [2.05, 4.69) is 0 Å². The van der Waals surface area contributed by atoms with Crippen molar-refractivity contribution >= 4 is 51.8 Å². The highest BCUT2D eigenvalue weighted by Crippen LogP contribution is 2.35. The van der Waals surface area contributed by atoms with Gasteiger partial charge in [0.05, 0.1) is 6.10 Å². The number of benzene rings is 2. The number of likely N-dealkylation sites (tertiary alicyclic amines) is 1. The Morgan fingerprint density at radius 3 is 2.25 bits per heavy atom. The second kappa shape index (κ2) is 7.51. The van der Waals surface area contributed by atoms with E-state index in [1.807, 2.05) is 18.2 Å². The van der Waals surface area contributed by atoms with E-state index in [0.717, 1.165) is 11.1 Å². The number of carbonyl (C=O) groups excluding carboxylic acids is 1. The number of ether oxygens (including phenoxy) is 1. The summed E-state index contributed by atoms with van der Waals surface area (Å²) in [5.41, 5.74) is 1.72. The summed E-state index contributed by atoms with van der Waals surface area (Å²) in [6.07, 6.45) is -0.496. The molecular formula is C17H13Cl4NO2. The van der Waals surface area contributed by atoms with Gasteiger partial charge in [-0.1, -0.05) is 53.0 Å². The maximum atomic E-state index is 11.1. The van der Waals surface area contributed by atoms with Crippen molar-refractivity contribution in [2.24, 2.45) is 0 Å². The Morgan fingerprint density at radius 2 is 1.67 bits per heavy atom. The van der Waals surface area contributed by atoms with Crippen molar-refractivity contribution in [2.45, 2.75) is 12.2 Å². The Hall–Kier alpha value is -0.970. The smallest absolute Gasteiger partial charge is 0.316 e. The molecule has 3 rings (SSSR count). The molecule has 3 nitrogen and oxygen atoms in total. The van der Waals surface area contributed by atoms with Gasteiger partial charge in [-0.25, -0.2) is 0 Å². The fourth-order valence-corrected chi connectivity index (χ4v) is 3.31. The third-order valence-corrected chi connectivity index (χ3v) is 4.90. The highest BCUT2D eigenvalue weighted by atomic mass is 35.5. The molecule has 1 unspecified atom stereocenters. The van der Waals surface area contributed by atoms with E-state index in [1.54, 1.807) is 24.3 Å². The van der Waals surface area contributed by atoms with E-state index in [0.29, 0.717) is 28.2 Å². The van der Waals surface area contributed by atoms with Crippen LogP contribution >= 0.6 is 46.4 Å². The molecule has 24 heavy (non-hydrogen) atoms. The van der Waals surface area contributed by atoms with Crippen LogP contribution in [0, 0.1) is 0 Å². The Balaban J connectivity index is 1.86. The second-order valence-corrected chi connectivity index (χ2v) is 7.12. The molecule has 0 bridgehead atoms. The predicted octanol–water partition coefficient (Wildman–Crippen LogP) is 5.80. The topological polar surface area (TPSA) is 29.5 Å². The Bertz CT molecular complexity index is 745. The van der Waals surface area contributed by atoms with Crippen LogP contribution in [0.1, 0.15) is 17.2 Å². The van der Waals surface area contributed by atoms with Crippen molar-refractivity contribution < 1.29 is 9.53 Å². The minimum absolute atomic E-state index is 0.111. The molecule has 0 N–H and O–H groups in total. The molecule has 0 spiro atoms. The number of carbonyl (C=O) groups is 1. The van der Waals surface area contributed by atoms with Crippen LogP contribution in [-0.4, -0.2) is 29.5 Å². The molecule has 1 aliphatic rings. The minimum atomic E-state index is -0.470. The normalized spacial score (nSPS) is 15.9. The maximum Gasteiger partial charge on any atom is 0.316 e. The van der Waals surface area contributed by atoms with Crippen molar-refractivity contribution in [3.05, 3.63) is 68.7 Å². The zero-order valence-corrected chi connectivity index (χ0v) is 15.4. The standard InChI is InChI=1S/C17H13Cl4NO2/c18-11-3-1-10(2-4-11)16(14-6-5-12(19)7-15(14)20)24-13-8-22(9-13)17(21)23/h1-7,13,16H,8-9H2. The van der Waals surface area contributed by atoms with E-state index in [9.17, 15) is 4.79 Å². The maximum absolute atomic E-state index is 11.1. The van der Waals surface area contributed by atoms with Crippen LogP contribution in [0.5, 0.6) is 0 Å². The molecule has 1 saturated heterocycles. The summed E-state index contributed by atoms with van der Waals surface area (Å²) in [6, 6.07) is 12.7. The molecule has 0 saturated carbocycles. The number of hydrogen-bond donors (Lipinski definition) is 0. The van der Waals surface area contributed by atoms with Crippen LogP contribution in [-0.2, 0) is 4.74 Å². The molecule has 126 valence electrons. The predicted molar refractivity (Wildman–Crippen MR) is 97.5 cm³/mol. The summed E-state index contributed by atoms with van der Waals surface area (Å²) < 4.78 is 6.18. The lowest BCUT2D eigenvalue weighted by atomic mass is 10.0. The third kappa shape index (κ3) is 3.98. The molecule has 0 aliphatic carbocycles. The zero-order valence-electron chi connectivity index (χ0n) is 12.4. The molecule has 0 aromatic heterocycles. The van der Waals surface area contributed by atoms with Crippen molar-refractivity contribution in [3.63, 3.8) is 0 Å². The molecule has 7 heteroatoms. The third-order valence-electron chi connectivity index (χ3n) is 3.84. The average Bonchev–Trinajstić information content (AvgIpc) is 2.48. The first kappa shape index (κ1) is 17.8. The number of hydrogen-bond acceptors (Lipinski definition) is 2. The van der Waals surface area contributed by atoms with Crippen LogP contribution in [0.15, 0.2) is 42.5 Å². The molecule has 1 aliphatic heterocycles. The summed E-state index contributed by atoms with van der Waals surface area (Å²) >= 11 is 23.8. The van der Waals surface area contributed by atoms with Gasteiger partial charge in [-0.3, -0.25) is 4.79 Å². The number of halogens is 4. The molecular weight excluding hydrogens is 392 g/mol. The Morgan fingerprint density at radius 1 is 1.04 bits per heavy atom. The number of rotatable bonds is 4. The lowest BCUT2D eigenvalue weighted by Gasteiger charge is -2.39. The number of amides is 1. The van der Waals surface area contributed by atoms with Gasteiger partial charge in [0.25, 0.3) is 0 Å². The highest BCUT2D eigenvalue weighted by Gasteiger charge is 2.33. The van der Waals surface area contributed by atoms with E-state index >= 15 is 0 Å². The summed E-state index contributed by atoms with van der Waals surface area (Å²) in [5.74, 6) is 0. The molecule has 2 aromatic rings. The SMILES string of the molecule is O=C(Cl)N1CC(OC(c2ccc(Cl)cc2)c2ccc(Cl)cc2Cl)C1. The van der Waals surface area contributed by atoms with Crippen LogP contribution in [0.3, 0.4) is 0 Å². The molecule has 0 radical (unpaired) electrons. The molecule has 1 amide bonds. The Labute approximate surface area is 160 Å². The lowest BCUT2D eigenvalue weighted by Crippen LogP contribution is -2.53. The highest BCUT2D eigenvalue weighted by molar-refractivity contribution is 6.62. The zero-order chi connectivity index (χ0) is 17.3. The fourth-order valence-electron chi connectivity index (χ4n) is 2.54. The van der Waals surface area contributed by atoms with Gasteiger partial charge < -0.3 is 9.64 Å². The quantitative estimate of drug-likeness (QED) is 0.476. The van der Waals surface area contributed by atoms with Crippen LogP contribution in [0.25, 0.3) is 0 Å². The first-order valence-corrected chi connectivity index (χ1v) is 8.75. The average molecular weight is 405 g/mol. The molecule has 1 heterocycles. The second-order valence-electron chi connectivity index (χ2n) is 5.51. The van der Waals surface area contributed by atoms with Crippen LogP contribution in [0.4, 0.5) is 4.79 Å². The summed E-state index contributed by atoms with van der Waals surface area (Å²) in [6.45, 7) is 0.912. The molecule has 2 aromatic carbocycles. The summed E-state index contributed by atoms with van der Waals surface area (Å²) in [7, 11) is 0. The van der Waals surface area contributed by atoms with Gasteiger partial charge in [-0.15, -0.1) is 0 Å². The van der Waals surface area contributed by atoms with Crippen LogP contribution in [0.2, 0.25) is 15.1 Å². The van der Waals surface area contributed by atoms with Crippen LogP contribution < -0.4 is 0 Å². The lowest BCUT2D eigenvalue weighted by molar-refractivity contribution is -0.0613. The molecule has 1 fully saturated rings. The van der Waals surface area contributed by atoms with Crippen molar-refractivity contribution in [1.29, 1.82) is 0 Å². The minimum Gasteiger partial charge on any atom is -0.362 e. The molecule has 1 atom stereocenters. The first-order valence-electron chi connectivity index (χ1n) is 7.24. The monoisotopic (exact) mass is 403 g/mol. The van der Waals surface area contributed by atoms with Gasteiger partial charge in [0.1, 0.15) is 6.10 Å². The van der Waals surface area contributed by atoms with E-state index in [1.165, 1.54) is 4.90 Å². The van der Waals surface area contributed by atoms with Gasteiger partial charge in [-0.2, -0.15) is 0 Å². The Kier molecular flexibility index (Phi) is 5.58. The number of nitrogens with zero attached hydrogens (tertiary/aromatic N) is 1. The fraction of sp³-hybridized carbons (Fsp3) is 0.235. The van der Waals surface area contributed by atoms with Gasteiger partial charge in [0, 0.05) is 33.7 Å². The summed E-state index contributed by atoms with van der Waals surface area (Å²) in [4.78, 5) is 12.6. The van der Waals surface area contributed by atoms with Gasteiger partial charge in [0.15, 0.2) is 0 Å². The van der Waals surface area contributed by atoms with E-state index < -0.39 is 5.37 Å². The largest absolute Gasteiger partial charge is 0.362 e. The van der Waals surface area contributed by atoms with Gasteiger partial charge >= 0.3 is 5.37 Å². The summed E-state index contributed by atoms with van der Waals surface area (Å²) in [5, 5.41) is 1.25. The van der Waals surface area contributed by atoms with Crippen molar-refractivity contribution in [2.75, 3.05) is 13.1 Å². The van der Waals surface area contributed by atoms with E-state index in [4.69, 9.17) is 51.1 Å². The van der Waals surface area contributed by atoms with E-state index in [-0.39, 0.29) is 12.2 Å². The van der Waals surface area contributed by atoms with Crippen molar-refractivity contribution in [1.82, 2.24) is 4.90 Å². The van der Waals surface area contributed by atoms with Gasteiger partial charge in [0.2, 0.25) is 0 Å². The first-order chi connectivity index (χ1) is 11.4. The van der Waals surface area contributed by atoms with Crippen molar-refractivity contribution in [3.8, 4) is 0 Å². The van der Waals surface area contributed by atoms with Gasteiger partial charge in [-0.05, 0) is 41.4 Å².